The Balaban J connectivity index is 1.03. The molecule has 2 aliphatic heterocycles. The number of methoxy groups -OCH3 is 3. The maximum absolute atomic E-state index is 14.1. The van der Waals surface area contributed by atoms with Gasteiger partial charge in [0.25, 0.3) is 5.91 Å². The standard InChI is InChI=1S/C46H54N8O7/c1-27(2)39(51-45(57)60-5)43(55)53-25-29(26-59-4)22-38(53)42-48-24-36(50-42)33-19-15-31(16-20-33)30-13-17-32(18-14-30)35-23-47-41(49-35)37-21-12-28(3)54(37)44(56)40(52-46(58)61-6)34-10-8-7-9-11-34/h7-11,13-20,23-24,27-29,37-40H,12,21-22,25-26H2,1-6H3,(H,47,49)(H,48,50)(H,51,57)(H,52,58)/t28-,29-,37-,38-,39-,40?/m0/s1. The van der Waals surface area contributed by atoms with Gasteiger partial charge in [-0.05, 0) is 59.9 Å². The number of imidazole rings is 2. The summed E-state index contributed by atoms with van der Waals surface area (Å²) in [5.74, 6) is 0.935. The van der Waals surface area contributed by atoms with Crippen LogP contribution >= 0.6 is 0 Å². The molecule has 4 heterocycles. The quantitative estimate of drug-likeness (QED) is 0.0953. The van der Waals surface area contributed by atoms with Gasteiger partial charge in [0.05, 0.1) is 56.7 Å². The lowest BCUT2D eigenvalue weighted by molar-refractivity contribution is -0.137. The molecule has 61 heavy (non-hydrogen) atoms. The fraction of sp³-hybridized carbons (Fsp3) is 0.391. The highest BCUT2D eigenvalue weighted by molar-refractivity contribution is 5.88. The van der Waals surface area contributed by atoms with Gasteiger partial charge >= 0.3 is 12.2 Å². The normalized spacial score (nSPS) is 19.7. The molecule has 5 aromatic rings. The first-order chi connectivity index (χ1) is 29.5. The number of nitrogens with one attached hydrogen (secondary N) is 4. The minimum absolute atomic E-state index is 0.0549. The highest BCUT2D eigenvalue weighted by atomic mass is 16.5. The monoisotopic (exact) mass is 830 g/mol. The van der Waals surface area contributed by atoms with Crippen molar-refractivity contribution in [3.63, 3.8) is 0 Å². The number of hydrogen-bond acceptors (Lipinski definition) is 9. The van der Waals surface area contributed by atoms with Gasteiger partial charge < -0.3 is 44.6 Å². The van der Waals surface area contributed by atoms with Crippen molar-refractivity contribution in [3.8, 4) is 33.6 Å². The maximum Gasteiger partial charge on any atom is 0.407 e. The summed E-state index contributed by atoms with van der Waals surface area (Å²) in [7, 11) is 4.22. The molecule has 7 rings (SSSR count). The third-order valence-electron chi connectivity index (χ3n) is 11.8. The molecule has 4 N–H and O–H groups in total. The Labute approximate surface area is 355 Å². The molecule has 0 saturated carbocycles. The van der Waals surface area contributed by atoms with Gasteiger partial charge in [0, 0.05) is 25.6 Å². The summed E-state index contributed by atoms with van der Waals surface area (Å²) >= 11 is 0. The predicted molar refractivity (Wildman–Crippen MR) is 229 cm³/mol. The van der Waals surface area contributed by atoms with E-state index in [1.54, 1.807) is 24.4 Å². The Bertz CT molecular complexity index is 2290. The van der Waals surface area contributed by atoms with Crippen molar-refractivity contribution in [1.29, 1.82) is 0 Å². The molecule has 3 aromatic carbocycles. The molecule has 6 atom stereocenters. The molecule has 2 fully saturated rings. The fourth-order valence-corrected chi connectivity index (χ4v) is 8.53. The number of ether oxygens (including phenoxy) is 3. The Kier molecular flexibility index (Phi) is 13.2. The molecule has 320 valence electrons. The van der Waals surface area contributed by atoms with Crippen LogP contribution < -0.4 is 10.6 Å². The Hall–Kier alpha value is -6.48. The zero-order valence-corrected chi connectivity index (χ0v) is 35.4. The molecule has 15 heteroatoms. The van der Waals surface area contributed by atoms with Crippen molar-refractivity contribution in [3.05, 3.63) is 108 Å². The van der Waals surface area contributed by atoms with E-state index < -0.39 is 24.3 Å². The fourth-order valence-electron chi connectivity index (χ4n) is 8.53. The topological polar surface area (TPSA) is 184 Å². The van der Waals surface area contributed by atoms with E-state index in [9.17, 15) is 19.2 Å². The predicted octanol–water partition coefficient (Wildman–Crippen LogP) is 7.20. The zero-order valence-electron chi connectivity index (χ0n) is 35.4. The molecule has 15 nitrogen and oxygen atoms in total. The molecular formula is C46H54N8O7. The van der Waals surface area contributed by atoms with Crippen LogP contribution in [0.15, 0.2) is 91.3 Å². The summed E-state index contributed by atoms with van der Waals surface area (Å²) in [6.07, 6.45) is 4.47. The summed E-state index contributed by atoms with van der Waals surface area (Å²) in [6.45, 7) is 6.79. The van der Waals surface area contributed by atoms with Gasteiger partial charge in [-0.15, -0.1) is 0 Å². The first-order valence-corrected chi connectivity index (χ1v) is 20.7. The number of H-pyrrole nitrogens is 2. The Morgan fingerprint density at radius 2 is 1.26 bits per heavy atom. The molecule has 4 amide bonds. The van der Waals surface area contributed by atoms with Gasteiger partial charge in [0.1, 0.15) is 23.7 Å². The number of aromatic amines is 2. The largest absolute Gasteiger partial charge is 0.453 e. The minimum Gasteiger partial charge on any atom is -0.453 e. The first-order valence-electron chi connectivity index (χ1n) is 20.7. The lowest BCUT2D eigenvalue weighted by atomic mass is 10.0. The van der Waals surface area contributed by atoms with Crippen molar-refractivity contribution in [1.82, 2.24) is 40.4 Å². The van der Waals surface area contributed by atoms with Crippen LogP contribution in [0.2, 0.25) is 0 Å². The van der Waals surface area contributed by atoms with Gasteiger partial charge in [0.2, 0.25) is 5.91 Å². The summed E-state index contributed by atoms with van der Waals surface area (Å²) in [4.78, 5) is 72.4. The van der Waals surface area contributed by atoms with Crippen LogP contribution in [-0.2, 0) is 23.8 Å². The second-order valence-electron chi connectivity index (χ2n) is 16.1. The van der Waals surface area contributed by atoms with Gasteiger partial charge in [-0.25, -0.2) is 19.6 Å². The van der Waals surface area contributed by atoms with E-state index in [1.807, 2.05) is 80.3 Å². The molecule has 2 aliphatic rings. The van der Waals surface area contributed by atoms with Crippen molar-refractivity contribution in [2.24, 2.45) is 11.8 Å². The molecule has 0 radical (unpaired) electrons. The molecule has 2 aromatic heterocycles. The number of carbonyl (C=O) groups is 4. The maximum atomic E-state index is 14.1. The van der Waals surface area contributed by atoms with E-state index >= 15 is 0 Å². The highest BCUT2D eigenvalue weighted by Gasteiger charge is 2.42. The van der Waals surface area contributed by atoms with Gasteiger partial charge in [-0.2, -0.15) is 0 Å². The third kappa shape index (κ3) is 9.31. The van der Waals surface area contributed by atoms with E-state index in [4.69, 9.17) is 24.2 Å². The lowest BCUT2D eigenvalue weighted by Crippen LogP contribution is -2.51. The minimum atomic E-state index is -0.902. The van der Waals surface area contributed by atoms with Crippen molar-refractivity contribution >= 4 is 24.0 Å². The number of alkyl carbamates (subject to hydrolysis) is 2. The van der Waals surface area contributed by atoms with Crippen molar-refractivity contribution in [2.75, 3.05) is 34.5 Å². The van der Waals surface area contributed by atoms with Gasteiger partial charge in [-0.1, -0.05) is 92.7 Å². The zero-order chi connectivity index (χ0) is 43.2. The second-order valence-corrected chi connectivity index (χ2v) is 16.1. The molecule has 1 unspecified atom stereocenters. The first kappa shape index (κ1) is 42.6. The van der Waals surface area contributed by atoms with E-state index in [1.165, 1.54) is 14.2 Å². The van der Waals surface area contributed by atoms with Crippen molar-refractivity contribution < 1.29 is 33.4 Å². The van der Waals surface area contributed by atoms with Crippen LogP contribution in [0.5, 0.6) is 0 Å². The van der Waals surface area contributed by atoms with Crippen LogP contribution in [0.1, 0.15) is 75.4 Å². The van der Waals surface area contributed by atoms with E-state index in [0.29, 0.717) is 36.8 Å². The summed E-state index contributed by atoms with van der Waals surface area (Å²) < 4.78 is 15.1. The van der Waals surface area contributed by atoms with Crippen molar-refractivity contribution in [2.45, 2.75) is 70.2 Å². The van der Waals surface area contributed by atoms with Crippen LogP contribution in [0.4, 0.5) is 9.59 Å². The summed E-state index contributed by atoms with van der Waals surface area (Å²) in [6, 6.07) is 23.3. The number of amides is 4. The van der Waals surface area contributed by atoms with Crippen LogP contribution in [0, 0.1) is 11.8 Å². The molecule has 2 saturated heterocycles. The number of nitrogens with zero attached hydrogens (tertiary/aromatic N) is 4. The molecule has 0 spiro atoms. The van der Waals surface area contributed by atoms with E-state index in [0.717, 1.165) is 46.5 Å². The molecular weight excluding hydrogens is 777 g/mol. The Morgan fingerprint density at radius 3 is 1.80 bits per heavy atom. The third-order valence-corrected chi connectivity index (χ3v) is 11.8. The number of aromatic nitrogens is 4. The summed E-state index contributed by atoms with van der Waals surface area (Å²) in [5.41, 5.74) is 6.32. The number of carbonyl (C=O) groups excluding carboxylic acids is 4. The van der Waals surface area contributed by atoms with Crippen LogP contribution in [0.3, 0.4) is 0 Å². The molecule has 0 aliphatic carbocycles. The average molecular weight is 831 g/mol. The highest BCUT2D eigenvalue weighted by Crippen LogP contribution is 2.39. The van der Waals surface area contributed by atoms with Gasteiger partial charge in [0.15, 0.2) is 0 Å². The van der Waals surface area contributed by atoms with Gasteiger partial charge in [-0.3, -0.25) is 9.59 Å². The number of benzene rings is 3. The van der Waals surface area contributed by atoms with Crippen LogP contribution in [-0.4, -0.2) is 100 Å². The van der Waals surface area contributed by atoms with Crippen LogP contribution in [0.25, 0.3) is 33.6 Å². The SMILES string of the molecule is COC[C@H]1C[C@@H](c2ncc(-c3ccc(-c4ccc(-c5cnc([C@@H]6CC[C@H](C)N6C(=O)C(NC(=O)OC)c6ccccc6)[nH]5)cc4)cc3)[nH]2)N(C(=O)[C@@H](NC(=O)OC)C(C)C)C1. The number of likely N-dealkylation sites (tertiary alicyclic amines) is 2. The molecule has 0 bridgehead atoms. The van der Waals surface area contributed by atoms with E-state index in [2.05, 4.69) is 44.9 Å². The average Bonchev–Trinajstić information content (AvgIpc) is 4.11. The number of rotatable bonds is 13. The number of hydrogen-bond donors (Lipinski definition) is 4. The van der Waals surface area contributed by atoms with E-state index in [-0.39, 0.29) is 41.8 Å². The lowest BCUT2D eigenvalue weighted by Gasteiger charge is -2.31. The summed E-state index contributed by atoms with van der Waals surface area (Å²) in [5, 5.41) is 5.44. The Morgan fingerprint density at radius 1 is 0.721 bits per heavy atom. The second kappa shape index (κ2) is 18.8. The smallest absolute Gasteiger partial charge is 0.407 e.